The number of rotatable bonds is 3. The van der Waals surface area contributed by atoms with Crippen LogP contribution >= 0.6 is 0 Å². The number of hydrogen-bond acceptors (Lipinski definition) is 4. The number of phenols is 1. The molecule has 15 heavy (non-hydrogen) atoms. The summed E-state index contributed by atoms with van der Waals surface area (Å²) in [5.41, 5.74) is 0.895. The zero-order valence-electron chi connectivity index (χ0n) is 8.06. The first-order chi connectivity index (χ1) is 6.94. The van der Waals surface area contributed by atoms with Gasteiger partial charge in [0.05, 0.1) is 11.8 Å². The Labute approximate surface area is 88.0 Å². The van der Waals surface area contributed by atoms with Gasteiger partial charge >= 0.3 is 0 Å². The van der Waals surface area contributed by atoms with Crippen molar-refractivity contribution in [2.24, 2.45) is 0 Å². The van der Waals surface area contributed by atoms with E-state index in [1.54, 1.807) is 19.1 Å². The molecule has 0 fully saturated rings. The predicted molar refractivity (Wildman–Crippen MR) is 55.9 cm³/mol. The summed E-state index contributed by atoms with van der Waals surface area (Å²) >= 11 is 0. The third-order valence-corrected chi connectivity index (χ3v) is 2.79. The minimum Gasteiger partial charge on any atom is -0.508 e. The van der Waals surface area contributed by atoms with Crippen LogP contribution < -0.4 is 4.72 Å². The van der Waals surface area contributed by atoms with Crippen molar-refractivity contribution < 1.29 is 13.5 Å². The molecule has 0 unspecified atom stereocenters. The fourth-order valence-electron chi connectivity index (χ4n) is 0.974. The van der Waals surface area contributed by atoms with E-state index in [9.17, 15) is 13.5 Å². The van der Waals surface area contributed by atoms with E-state index >= 15 is 0 Å². The molecule has 0 atom stereocenters. The highest BCUT2D eigenvalue weighted by molar-refractivity contribution is 7.92. The summed E-state index contributed by atoms with van der Waals surface area (Å²) in [4.78, 5) is 0. The molecule has 0 saturated carbocycles. The van der Waals surface area contributed by atoms with E-state index in [1.807, 2.05) is 0 Å². The maximum atomic E-state index is 11.2. The summed E-state index contributed by atoms with van der Waals surface area (Å²) < 4.78 is 24.5. The molecular weight excluding hydrogens is 216 g/mol. The Morgan fingerprint density at radius 3 is 2.73 bits per heavy atom. The molecule has 0 heterocycles. The number of nitriles is 1. The highest BCUT2D eigenvalue weighted by Crippen LogP contribution is 2.21. The number of hydrogen-bond donors (Lipinski definition) is 2. The number of aryl methyl sites for hydroxylation is 1. The minimum absolute atomic E-state index is 0.00663. The predicted octanol–water partition coefficient (Wildman–Crippen LogP) is 0.966. The zero-order valence-corrected chi connectivity index (χ0v) is 8.87. The van der Waals surface area contributed by atoms with Crippen molar-refractivity contribution in [1.29, 1.82) is 5.26 Å². The lowest BCUT2D eigenvalue weighted by atomic mass is 10.2. The van der Waals surface area contributed by atoms with E-state index in [2.05, 4.69) is 4.72 Å². The Kier molecular flexibility index (Phi) is 3.17. The van der Waals surface area contributed by atoms with Gasteiger partial charge in [-0.15, -0.1) is 0 Å². The average molecular weight is 226 g/mol. The Bertz CT molecular complexity index is 503. The van der Waals surface area contributed by atoms with Crippen LogP contribution in [0.2, 0.25) is 0 Å². The van der Waals surface area contributed by atoms with Gasteiger partial charge in [-0.2, -0.15) is 5.26 Å². The van der Waals surface area contributed by atoms with Crippen LogP contribution in [0.5, 0.6) is 5.75 Å². The van der Waals surface area contributed by atoms with Gasteiger partial charge in [0.2, 0.25) is 10.0 Å². The van der Waals surface area contributed by atoms with Crippen molar-refractivity contribution >= 4 is 15.7 Å². The Hall–Kier alpha value is -1.74. The molecule has 2 N–H and O–H groups in total. The highest BCUT2D eigenvalue weighted by Gasteiger charge is 2.09. The summed E-state index contributed by atoms with van der Waals surface area (Å²) in [6, 6.07) is 5.94. The standard InChI is InChI=1S/C9H10N2O3S/c1-7-2-3-8(6-9(7)12)11-15(13,14)5-4-10/h2-3,6,11-12H,5H2,1H3. The number of nitrogens with zero attached hydrogens (tertiary/aromatic N) is 1. The molecule has 0 aliphatic carbocycles. The zero-order chi connectivity index (χ0) is 11.5. The second-order valence-corrected chi connectivity index (χ2v) is 4.74. The first kappa shape index (κ1) is 11.3. The molecular formula is C9H10N2O3S. The molecule has 80 valence electrons. The van der Waals surface area contributed by atoms with E-state index in [1.165, 1.54) is 12.1 Å². The van der Waals surface area contributed by atoms with Crippen LogP contribution in [0.15, 0.2) is 18.2 Å². The number of anilines is 1. The van der Waals surface area contributed by atoms with Gasteiger partial charge in [0, 0.05) is 6.07 Å². The molecule has 0 aromatic heterocycles. The van der Waals surface area contributed by atoms with Crippen LogP contribution in [0, 0.1) is 18.3 Å². The molecule has 6 heteroatoms. The maximum absolute atomic E-state index is 11.2. The van der Waals surface area contributed by atoms with E-state index in [0.717, 1.165) is 0 Å². The minimum atomic E-state index is -3.64. The summed E-state index contributed by atoms with van der Waals surface area (Å²) in [6.45, 7) is 1.70. The normalized spacial score (nSPS) is 10.7. The fourth-order valence-corrected chi connectivity index (χ4v) is 1.70. The molecule has 0 amide bonds. The highest BCUT2D eigenvalue weighted by atomic mass is 32.2. The van der Waals surface area contributed by atoms with Gasteiger partial charge in [0.25, 0.3) is 0 Å². The second kappa shape index (κ2) is 4.19. The van der Waals surface area contributed by atoms with Crippen LogP contribution in [-0.2, 0) is 10.0 Å². The number of aromatic hydroxyl groups is 1. The van der Waals surface area contributed by atoms with Gasteiger partial charge in [-0.1, -0.05) is 6.07 Å². The van der Waals surface area contributed by atoms with Gasteiger partial charge in [-0.3, -0.25) is 4.72 Å². The lowest BCUT2D eigenvalue weighted by Crippen LogP contribution is -2.15. The molecule has 0 spiro atoms. The van der Waals surface area contributed by atoms with Crippen LogP contribution in [0.3, 0.4) is 0 Å². The van der Waals surface area contributed by atoms with Gasteiger partial charge < -0.3 is 5.11 Å². The Morgan fingerprint density at radius 2 is 2.20 bits per heavy atom. The summed E-state index contributed by atoms with van der Waals surface area (Å²) in [5.74, 6) is -0.603. The molecule has 0 radical (unpaired) electrons. The Balaban J connectivity index is 2.92. The number of phenolic OH excluding ortho intramolecular Hbond substituents is 1. The molecule has 1 aromatic rings. The smallest absolute Gasteiger partial charge is 0.246 e. The van der Waals surface area contributed by atoms with Gasteiger partial charge in [0.15, 0.2) is 5.75 Å². The van der Waals surface area contributed by atoms with Crippen LogP contribution in [0.1, 0.15) is 5.56 Å². The fraction of sp³-hybridized carbons (Fsp3) is 0.222. The average Bonchev–Trinajstić information content (AvgIpc) is 2.10. The number of benzene rings is 1. The van der Waals surface area contributed by atoms with Gasteiger partial charge in [0.1, 0.15) is 5.75 Å². The molecule has 1 rings (SSSR count). The summed E-state index contributed by atoms with van der Waals surface area (Å²) in [6.07, 6.45) is 0. The topological polar surface area (TPSA) is 90.2 Å². The third kappa shape index (κ3) is 3.14. The molecule has 0 aliphatic rings. The van der Waals surface area contributed by atoms with Crippen LogP contribution in [-0.4, -0.2) is 19.3 Å². The molecule has 5 nitrogen and oxygen atoms in total. The number of nitrogens with one attached hydrogen (secondary N) is 1. The largest absolute Gasteiger partial charge is 0.508 e. The van der Waals surface area contributed by atoms with Crippen molar-refractivity contribution in [2.45, 2.75) is 6.92 Å². The van der Waals surface area contributed by atoms with Gasteiger partial charge in [-0.05, 0) is 18.6 Å². The Morgan fingerprint density at radius 1 is 1.53 bits per heavy atom. The van der Waals surface area contributed by atoms with E-state index in [-0.39, 0.29) is 11.4 Å². The van der Waals surface area contributed by atoms with E-state index in [4.69, 9.17) is 5.26 Å². The lowest BCUT2D eigenvalue weighted by molar-refractivity contribution is 0.471. The molecule has 0 aliphatic heterocycles. The van der Waals surface area contributed by atoms with Gasteiger partial charge in [-0.25, -0.2) is 8.42 Å². The molecule has 0 saturated heterocycles. The third-order valence-electron chi connectivity index (χ3n) is 1.74. The van der Waals surface area contributed by atoms with Crippen molar-refractivity contribution in [2.75, 3.05) is 10.5 Å². The second-order valence-electron chi connectivity index (χ2n) is 3.02. The summed E-state index contributed by atoms with van der Waals surface area (Å²) in [5, 5.41) is 17.6. The maximum Gasteiger partial charge on any atom is 0.246 e. The number of sulfonamides is 1. The SMILES string of the molecule is Cc1ccc(NS(=O)(=O)CC#N)cc1O. The first-order valence-corrected chi connectivity index (χ1v) is 5.77. The molecule has 0 bridgehead atoms. The van der Waals surface area contributed by atoms with Crippen LogP contribution in [0.25, 0.3) is 0 Å². The van der Waals surface area contributed by atoms with Crippen molar-refractivity contribution in [3.63, 3.8) is 0 Å². The van der Waals surface area contributed by atoms with E-state index < -0.39 is 15.8 Å². The first-order valence-electron chi connectivity index (χ1n) is 4.11. The van der Waals surface area contributed by atoms with Crippen LogP contribution in [0.4, 0.5) is 5.69 Å². The van der Waals surface area contributed by atoms with E-state index in [0.29, 0.717) is 5.56 Å². The quantitative estimate of drug-likeness (QED) is 0.803. The lowest BCUT2D eigenvalue weighted by Gasteiger charge is -2.06. The molecule has 1 aromatic carbocycles. The van der Waals surface area contributed by atoms with Crippen molar-refractivity contribution in [1.82, 2.24) is 0 Å². The van der Waals surface area contributed by atoms with Crippen molar-refractivity contribution in [3.05, 3.63) is 23.8 Å². The summed E-state index contributed by atoms with van der Waals surface area (Å²) in [7, 11) is -3.64. The van der Waals surface area contributed by atoms with Crippen molar-refractivity contribution in [3.8, 4) is 11.8 Å². The monoisotopic (exact) mass is 226 g/mol.